The number of nitriles is 2. The van der Waals surface area contributed by atoms with Crippen molar-refractivity contribution in [1.82, 2.24) is 40.6 Å². The van der Waals surface area contributed by atoms with E-state index in [1.54, 1.807) is 106 Å². The molecule has 0 unspecified atom stereocenters. The van der Waals surface area contributed by atoms with Crippen molar-refractivity contribution >= 4 is 57.4 Å². The van der Waals surface area contributed by atoms with E-state index in [1.807, 2.05) is 12.1 Å². The first kappa shape index (κ1) is 56.8. The molecule has 2 aliphatic heterocycles. The second-order valence-electron chi connectivity index (χ2n) is 20.0. The lowest BCUT2D eigenvalue weighted by molar-refractivity contribution is -0.132. The number of nitrogens with zero attached hydrogens (tertiary/aromatic N) is 7. The standard InChI is InChI=1S/C57H54F4N10O9/c1-55(2,3)80-54(77)68-30-49(72)69(20-22-78-41-10-4-35(5-11-41)37-8-14-47-45(24-37)43(16-18-64-47)52(75)66-31-50(73)70-33-56(58,59)26-39(70)28-62)21-23-79-42-12-6-36(7-13-42)38-9-15-48-46(25-38)44(17-19-65-48)53(76)67-32-51(74)71-34-57(60,61)27-40(71)29-63/h4-19,24-25,39-40H,20-23,26-27,30-34H2,1-3H3,(H,66,75)(H,67,76)(H,68,77)/t39-,40-/m0/s1. The first-order chi connectivity index (χ1) is 38.1. The van der Waals surface area contributed by atoms with Crippen LogP contribution >= 0.6 is 0 Å². The number of pyridine rings is 2. The smallest absolute Gasteiger partial charge is 0.408 e. The number of nitrogens with one attached hydrogen (secondary N) is 3. The molecule has 8 rings (SSSR count). The fraction of sp³-hybridized carbons (Fsp3) is 0.333. The van der Waals surface area contributed by atoms with Crippen LogP contribution in [-0.2, 0) is 19.1 Å². The number of halogens is 4. The van der Waals surface area contributed by atoms with E-state index in [0.29, 0.717) is 44.4 Å². The maximum absolute atomic E-state index is 13.9. The molecule has 19 nitrogen and oxygen atoms in total. The second-order valence-corrected chi connectivity index (χ2v) is 20.0. The number of amides is 6. The van der Waals surface area contributed by atoms with Gasteiger partial charge in [-0.05, 0) is 104 Å². The van der Waals surface area contributed by atoms with E-state index < -0.39 is 104 Å². The summed E-state index contributed by atoms with van der Waals surface area (Å²) < 4.78 is 73.2. The summed E-state index contributed by atoms with van der Waals surface area (Å²) in [4.78, 5) is 89.9. The number of alkyl halides is 4. The van der Waals surface area contributed by atoms with Crippen LogP contribution in [0.1, 0.15) is 54.3 Å². The van der Waals surface area contributed by atoms with Gasteiger partial charge in [0, 0.05) is 36.0 Å². The number of fused-ring (bicyclic) bond motifs is 2. The van der Waals surface area contributed by atoms with Crippen molar-refractivity contribution in [2.45, 2.75) is 63.1 Å². The zero-order valence-electron chi connectivity index (χ0n) is 43.6. The van der Waals surface area contributed by atoms with Gasteiger partial charge in [0.05, 0.1) is 73.6 Å². The lowest BCUT2D eigenvalue weighted by Gasteiger charge is -2.24. The summed E-state index contributed by atoms with van der Waals surface area (Å²) in [7, 11) is 0. The highest BCUT2D eigenvalue weighted by atomic mass is 19.3. The summed E-state index contributed by atoms with van der Waals surface area (Å²) in [5, 5.41) is 27.0. The largest absolute Gasteiger partial charge is 0.492 e. The Bertz CT molecular complexity index is 3220. The molecule has 0 bridgehead atoms. The Labute approximate surface area is 456 Å². The maximum atomic E-state index is 13.9. The van der Waals surface area contributed by atoms with Crippen LogP contribution in [0.15, 0.2) is 109 Å². The van der Waals surface area contributed by atoms with Crippen LogP contribution in [0, 0.1) is 22.7 Å². The quantitative estimate of drug-likeness (QED) is 0.0742. The first-order valence-electron chi connectivity index (χ1n) is 25.3. The highest BCUT2D eigenvalue weighted by Crippen LogP contribution is 2.34. The van der Waals surface area contributed by atoms with Gasteiger partial charge in [-0.15, -0.1) is 0 Å². The third-order valence-electron chi connectivity index (χ3n) is 13.0. The average molecular weight is 1100 g/mol. The van der Waals surface area contributed by atoms with Crippen LogP contribution in [0.3, 0.4) is 0 Å². The molecule has 2 saturated heterocycles. The van der Waals surface area contributed by atoms with Crippen molar-refractivity contribution in [3.8, 4) is 45.9 Å². The van der Waals surface area contributed by atoms with Crippen LogP contribution in [0.5, 0.6) is 11.5 Å². The number of aromatic nitrogens is 2. The first-order valence-corrected chi connectivity index (χ1v) is 25.3. The molecule has 0 radical (unpaired) electrons. The SMILES string of the molecule is CC(C)(C)OC(=O)NCC(=O)N(CCOc1ccc(-c2ccc3nccc(C(=O)NCC(=O)N4CC(F)(F)C[C@H]4C#N)c3c2)cc1)CCOc1ccc(-c2ccc3nccc(C(=O)NCC(=O)N4CC(F)(F)C[C@H]4C#N)c3c2)cc1. The number of alkyl carbamates (subject to hydrolysis) is 1. The monoisotopic (exact) mass is 1100 g/mol. The molecule has 4 heterocycles. The number of rotatable bonds is 18. The summed E-state index contributed by atoms with van der Waals surface area (Å²) in [6, 6.07) is 28.5. The molecule has 0 aliphatic carbocycles. The Kier molecular flexibility index (Phi) is 17.1. The highest BCUT2D eigenvalue weighted by molar-refractivity contribution is 6.09. The number of hydrogen-bond donors (Lipinski definition) is 3. The Hall–Kier alpha value is -9.38. The van der Waals surface area contributed by atoms with Gasteiger partial charge in [-0.3, -0.25) is 33.9 Å². The number of hydrogen-bond acceptors (Lipinski definition) is 13. The minimum Gasteiger partial charge on any atom is -0.492 e. The molecule has 2 fully saturated rings. The van der Waals surface area contributed by atoms with E-state index in [4.69, 9.17) is 14.2 Å². The Balaban J connectivity index is 0.870. The number of benzene rings is 4. The molecule has 6 amide bonds. The fourth-order valence-corrected chi connectivity index (χ4v) is 9.11. The maximum Gasteiger partial charge on any atom is 0.408 e. The average Bonchev–Trinajstić information content (AvgIpc) is 3.98. The van der Waals surface area contributed by atoms with Crippen molar-refractivity contribution < 1.29 is 60.5 Å². The Morgan fingerprint density at radius 1 is 0.613 bits per heavy atom. The zero-order chi connectivity index (χ0) is 57.4. The molecule has 4 aromatic carbocycles. The molecule has 2 aromatic heterocycles. The Morgan fingerprint density at radius 2 is 1.02 bits per heavy atom. The van der Waals surface area contributed by atoms with Crippen LogP contribution in [0.25, 0.3) is 44.1 Å². The lowest BCUT2D eigenvalue weighted by atomic mass is 10.0. The van der Waals surface area contributed by atoms with E-state index in [9.17, 15) is 56.9 Å². The molecular formula is C57H54F4N10O9. The van der Waals surface area contributed by atoms with Crippen molar-refractivity contribution in [3.63, 3.8) is 0 Å². The zero-order valence-corrected chi connectivity index (χ0v) is 43.6. The van der Waals surface area contributed by atoms with Crippen LogP contribution in [0.4, 0.5) is 22.4 Å². The van der Waals surface area contributed by atoms with Gasteiger partial charge in [-0.25, -0.2) is 22.4 Å². The number of carbonyl (C=O) groups excluding carboxylic acids is 6. The highest BCUT2D eigenvalue weighted by Gasteiger charge is 2.48. The lowest BCUT2D eigenvalue weighted by Crippen LogP contribution is -2.44. The second kappa shape index (κ2) is 24.1. The normalized spacial score (nSPS) is 16.3. The van der Waals surface area contributed by atoms with Gasteiger partial charge < -0.3 is 44.9 Å². The minimum absolute atomic E-state index is 0.0534. The summed E-state index contributed by atoms with van der Waals surface area (Å²) >= 11 is 0. The molecular weight excluding hydrogens is 1040 g/mol. The van der Waals surface area contributed by atoms with Gasteiger partial charge in [0.1, 0.15) is 48.9 Å². The van der Waals surface area contributed by atoms with E-state index in [0.717, 1.165) is 20.9 Å². The predicted octanol–water partition coefficient (Wildman–Crippen LogP) is 6.91. The van der Waals surface area contributed by atoms with Crippen molar-refractivity contribution in [2.75, 3.05) is 59.0 Å². The van der Waals surface area contributed by atoms with Gasteiger partial charge in [0.25, 0.3) is 23.7 Å². The molecule has 80 heavy (non-hydrogen) atoms. The Morgan fingerprint density at radius 3 is 1.43 bits per heavy atom. The molecule has 23 heteroatoms. The molecule has 2 aliphatic rings. The van der Waals surface area contributed by atoms with Crippen molar-refractivity contribution in [1.29, 1.82) is 10.5 Å². The van der Waals surface area contributed by atoms with Gasteiger partial charge >= 0.3 is 6.09 Å². The fourth-order valence-electron chi connectivity index (χ4n) is 9.11. The molecule has 2 atom stereocenters. The summed E-state index contributed by atoms with van der Waals surface area (Å²) in [5.74, 6) is -8.74. The van der Waals surface area contributed by atoms with Crippen LogP contribution in [0.2, 0.25) is 0 Å². The van der Waals surface area contributed by atoms with Crippen molar-refractivity contribution in [2.24, 2.45) is 0 Å². The summed E-state index contributed by atoms with van der Waals surface area (Å²) in [6.45, 7) is 2.06. The molecule has 6 aromatic rings. The van der Waals surface area contributed by atoms with Crippen LogP contribution in [-0.4, -0.2) is 149 Å². The number of carbonyl (C=O) groups is 6. The van der Waals surface area contributed by atoms with Gasteiger partial charge in [0.15, 0.2) is 0 Å². The number of ether oxygens (including phenoxy) is 3. The van der Waals surface area contributed by atoms with E-state index in [1.165, 1.54) is 29.4 Å². The van der Waals surface area contributed by atoms with Gasteiger partial charge in [-0.1, -0.05) is 36.4 Å². The molecule has 0 saturated carbocycles. The summed E-state index contributed by atoms with van der Waals surface area (Å²) in [6.07, 6.45) is 0.566. The van der Waals surface area contributed by atoms with Crippen molar-refractivity contribution in [3.05, 3.63) is 121 Å². The topological polar surface area (TPSA) is 249 Å². The molecule has 3 N–H and O–H groups in total. The number of likely N-dealkylation sites (tertiary alicyclic amines) is 2. The van der Waals surface area contributed by atoms with E-state index >= 15 is 0 Å². The molecule has 414 valence electrons. The van der Waals surface area contributed by atoms with E-state index in [2.05, 4.69) is 25.9 Å². The van der Waals surface area contributed by atoms with Crippen LogP contribution < -0.4 is 25.4 Å². The van der Waals surface area contributed by atoms with E-state index in [-0.39, 0.29) is 44.0 Å². The van der Waals surface area contributed by atoms with Gasteiger partial charge in [-0.2, -0.15) is 10.5 Å². The third-order valence-corrected chi connectivity index (χ3v) is 13.0. The summed E-state index contributed by atoms with van der Waals surface area (Å²) in [5.41, 5.74) is 3.51. The third kappa shape index (κ3) is 14.2. The predicted molar refractivity (Wildman–Crippen MR) is 282 cm³/mol. The molecule has 0 spiro atoms. The van der Waals surface area contributed by atoms with Gasteiger partial charge in [0.2, 0.25) is 17.7 Å². The minimum atomic E-state index is -3.20.